The quantitative estimate of drug-likeness (QED) is 0.479. The van der Waals surface area contributed by atoms with Crippen LogP contribution in [0, 0.1) is 0 Å². The summed E-state index contributed by atoms with van der Waals surface area (Å²) in [5, 5.41) is 2.33. The number of hydrogen-bond acceptors (Lipinski definition) is 6. The molecule has 0 spiro atoms. The summed E-state index contributed by atoms with van der Waals surface area (Å²) in [7, 11) is 0. The first-order valence-corrected chi connectivity index (χ1v) is 13.4. The van der Waals surface area contributed by atoms with Gasteiger partial charge in [-0.1, -0.05) is 6.42 Å². The molecule has 1 aromatic rings. The molecular formula is C27H35F2N3O5. The number of imide groups is 1. The van der Waals surface area contributed by atoms with E-state index < -0.39 is 25.3 Å². The molecule has 202 valence electrons. The molecule has 3 atom stereocenters. The molecule has 0 aromatic heterocycles. The van der Waals surface area contributed by atoms with Crippen LogP contribution in [0.15, 0.2) is 18.2 Å². The van der Waals surface area contributed by atoms with Crippen molar-refractivity contribution in [2.24, 2.45) is 0 Å². The van der Waals surface area contributed by atoms with Gasteiger partial charge < -0.3 is 14.4 Å². The maximum atomic E-state index is 13.0. The van der Waals surface area contributed by atoms with Gasteiger partial charge in [-0.25, -0.2) is 0 Å². The predicted molar refractivity (Wildman–Crippen MR) is 131 cm³/mol. The SMILES string of the molecule is O=C1CCC(N2Cc3cc(O[C@@H]4CCCC[C@H]4N4CC(OC(CCF)CCF)C4)ccc3C2=O)C(=O)N1. The van der Waals surface area contributed by atoms with Crippen LogP contribution in [0.4, 0.5) is 8.78 Å². The number of likely N-dealkylation sites (tertiary alicyclic amines) is 1. The highest BCUT2D eigenvalue weighted by molar-refractivity contribution is 6.05. The van der Waals surface area contributed by atoms with Crippen molar-refractivity contribution >= 4 is 17.7 Å². The molecule has 37 heavy (non-hydrogen) atoms. The van der Waals surface area contributed by atoms with Crippen LogP contribution in [0.1, 0.15) is 67.3 Å². The highest BCUT2D eigenvalue weighted by atomic mass is 19.1. The molecule has 4 aliphatic rings. The second kappa shape index (κ2) is 11.4. The largest absolute Gasteiger partial charge is 0.489 e. The molecule has 3 amide bonds. The molecule has 1 saturated carbocycles. The van der Waals surface area contributed by atoms with Crippen LogP contribution in [0.3, 0.4) is 0 Å². The second-order valence-electron chi connectivity index (χ2n) is 10.5. The Morgan fingerprint density at radius 2 is 1.78 bits per heavy atom. The number of halogens is 2. The van der Waals surface area contributed by atoms with Crippen molar-refractivity contribution in [1.82, 2.24) is 15.1 Å². The molecule has 10 heteroatoms. The molecular weight excluding hydrogens is 484 g/mol. The normalized spacial score (nSPS) is 26.8. The van der Waals surface area contributed by atoms with Gasteiger partial charge in [0.2, 0.25) is 11.8 Å². The molecule has 1 unspecified atom stereocenters. The third-order valence-electron chi connectivity index (χ3n) is 8.04. The third-order valence-corrected chi connectivity index (χ3v) is 8.04. The molecule has 1 aliphatic carbocycles. The van der Waals surface area contributed by atoms with Gasteiger partial charge in [0.15, 0.2) is 0 Å². The Labute approximate surface area is 215 Å². The van der Waals surface area contributed by atoms with Gasteiger partial charge in [-0.15, -0.1) is 0 Å². The van der Waals surface area contributed by atoms with E-state index in [1.54, 1.807) is 11.0 Å². The van der Waals surface area contributed by atoms with Gasteiger partial charge in [-0.2, -0.15) is 0 Å². The molecule has 8 nitrogen and oxygen atoms in total. The predicted octanol–water partition coefficient (Wildman–Crippen LogP) is 2.93. The first kappa shape index (κ1) is 26.0. The summed E-state index contributed by atoms with van der Waals surface area (Å²) in [6, 6.07) is 5.08. The van der Waals surface area contributed by atoms with Gasteiger partial charge in [0.1, 0.15) is 17.9 Å². The molecule has 5 rings (SSSR count). The van der Waals surface area contributed by atoms with Crippen LogP contribution in [-0.4, -0.2) is 84.4 Å². The number of ether oxygens (including phenoxy) is 2. The van der Waals surface area contributed by atoms with Crippen LogP contribution >= 0.6 is 0 Å². The lowest BCUT2D eigenvalue weighted by atomic mass is 9.89. The van der Waals surface area contributed by atoms with Gasteiger partial charge >= 0.3 is 0 Å². The smallest absolute Gasteiger partial charge is 0.255 e. The van der Waals surface area contributed by atoms with E-state index in [4.69, 9.17) is 9.47 Å². The Bertz CT molecular complexity index is 1010. The first-order valence-electron chi connectivity index (χ1n) is 13.4. The molecule has 0 bridgehead atoms. The molecule has 1 N–H and O–H groups in total. The summed E-state index contributed by atoms with van der Waals surface area (Å²) >= 11 is 0. The Kier molecular flexibility index (Phi) is 8.04. The van der Waals surface area contributed by atoms with Crippen LogP contribution < -0.4 is 10.1 Å². The standard InChI is InChI=1S/C27H35F2N3O5/c28-11-9-18(10-12-29)36-20-15-31(16-20)22-3-1-2-4-24(22)37-19-5-6-21-17(13-19)14-32(27(21)35)23-7-8-25(33)30-26(23)34/h5-6,13,18,20,22-24H,1-4,7-12,14-16H2,(H,30,33,34)/t22-,23?,24-/m1/s1. The lowest BCUT2D eigenvalue weighted by Gasteiger charge is -2.48. The fourth-order valence-electron chi connectivity index (χ4n) is 6.05. The van der Waals surface area contributed by atoms with Crippen molar-refractivity contribution in [3.05, 3.63) is 29.3 Å². The average Bonchev–Trinajstić information content (AvgIpc) is 3.17. The van der Waals surface area contributed by atoms with Crippen LogP contribution in [0.5, 0.6) is 5.75 Å². The van der Waals surface area contributed by atoms with E-state index in [0.29, 0.717) is 24.3 Å². The average molecular weight is 520 g/mol. The zero-order valence-electron chi connectivity index (χ0n) is 21.0. The number of amides is 3. The summed E-state index contributed by atoms with van der Waals surface area (Å²) in [6.45, 7) is 0.781. The number of carbonyl (C=O) groups is 3. The summed E-state index contributed by atoms with van der Waals surface area (Å²) in [4.78, 5) is 40.6. The third kappa shape index (κ3) is 5.65. The number of carbonyl (C=O) groups excluding carboxylic acids is 3. The minimum Gasteiger partial charge on any atom is -0.489 e. The lowest BCUT2D eigenvalue weighted by molar-refractivity contribution is -0.136. The van der Waals surface area contributed by atoms with Gasteiger partial charge in [0, 0.05) is 50.5 Å². The minimum atomic E-state index is -0.638. The van der Waals surface area contributed by atoms with E-state index in [9.17, 15) is 23.2 Å². The van der Waals surface area contributed by atoms with E-state index in [1.165, 1.54) is 0 Å². The highest BCUT2D eigenvalue weighted by Crippen LogP contribution is 2.34. The summed E-state index contributed by atoms with van der Waals surface area (Å²) in [6.07, 6.45) is 4.81. The van der Waals surface area contributed by atoms with Crippen LogP contribution in [-0.2, 0) is 20.9 Å². The van der Waals surface area contributed by atoms with Crippen LogP contribution in [0.2, 0.25) is 0 Å². The molecule has 3 heterocycles. The van der Waals surface area contributed by atoms with E-state index in [-0.39, 0.29) is 55.4 Å². The Hall–Kier alpha value is -2.59. The number of rotatable bonds is 10. The number of hydrogen-bond donors (Lipinski definition) is 1. The number of nitrogens with zero attached hydrogens (tertiary/aromatic N) is 2. The number of benzene rings is 1. The van der Waals surface area contributed by atoms with Gasteiger partial charge in [-0.3, -0.25) is 33.4 Å². The van der Waals surface area contributed by atoms with Gasteiger partial charge in [-0.05, 0) is 49.4 Å². The van der Waals surface area contributed by atoms with Crippen molar-refractivity contribution in [2.75, 3.05) is 26.4 Å². The van der Waals surface area contributed by atoms with Crippen molar-refractivity contribution < 1.29 is 32.6 Å². The first-order chi connectivity index (χ1) is 18.0. The van der Waals surface area contributed by atoms with E-state index in [0.717, 1.165) is 44.3 Å². The molecule has 3 fully saturated rings. The zero-order valence-corrected chi connectivity index (χ0v) is 21.0. The minimum absolute atomic E-state index is 0.00331. The number of piperidine rings is 1. The Morgan fingerprint density at radius 3 is 2.51 bits per heavy atom. The second-order valence-corrected chi connectivity index (χ2v) is 10.5. The van der Waals surface area contributed by atoms with Crippen molar-refractivity contribution in [3.8, 4) is 5.75 Å². The maximum Gasteiger partial charge on any atom is 0.255 e. The van der Waals surface area contributed by atoms with E-state index >= 15 is 0 Å². The van der Waals surface area contributed by atoms with E-state index in [1.807, 2.05) is 12.1 Å². The molecule has 1 aromatic carbocycles. The van der Waals surface area contributed by atoms with Gasteiger partial charge in [0.25, 0.3) is 5.91 Å². The number of nitrogens with one attached hydrogen (secondary N) is 1. The lowest BCUT2D eigenvalue weighted by Crippen LogP contribution is -2.61. The highest BCUT2D eigenvalue weighted by Gasteiger charge is 2.41. The van der Waals surface area contributed by atoms with Gasteiger partial charge in [0.05, 0.1) is 25.6 Å². The van der Waals surface area contributed by atoms with Crippen LogP contribution in [0.25, 0.3) is 0 Å². The molecule has 0 radical (unpaired) electrons. The summed E-state index contributed by atoms with van der Waals surface area (Å²) in [5.41, 5.74) is 1.39. The zero-order chi connectivity index (χ0) is 25.9. The Balaban J connectivity index is 1.19. The number of fused-ring (bicyclic) bond motifs is 1. The topological polar surface area (TPSA) is 88.2 Å². The molecule has 2 saturated heterocycles. The van der Waals surface area contributed by atoms with E-state index in [2.05, 4.69) is 10.2 Å². The monoisotopic (exact) mass is 519 g/mol. The fraction of sp³-hybridized carbons (Fsp3) is 0.667. The summed E-state index contributed by atoms with van der Waals surface area (Å²) in [5.74, 6) is -0.219. The van der Waals surface area contributed by atoms with Crippen molar-refractivity contribution in [3.63, 3.8) is 0 Å². The number of alkyl halides is 2. The Morgan fingerprint density at radius 1 is 1.03 bits per heavy atom. The van der Waals surface area contributed by atoms with Crippen molar-refractivity contribution in [2.45, 2.75) is 88.3 Å². The molecule has 3 aliphatic heterocycles. The fourth-order valence-corrected chi connectivity index (χ4v) is 6.05. The van der Waals surface area contributed by atoms with Crippen molar-refractivity contribution in [1.29, 1.82) is 0 Å². The summed E-state index contributed by atoms with van der Waals surface area (Å²) < 4.78 is 37.9. The maximum absolute atomic E-state index is 13.0.